The van der Waals surface area contributed by atoms with Crippen LogP contribution in [0.15, 0.2) is 48.5 Å². The van der Waals surface area contributed by atoms with Crippen molar-refractivity contribution in [2.45, 2.75) is 6.17 Å². The third kappa shape index (κ3) is 0.795. The van der Waals surface area contributed by atoms with E-state index in [0.29, 0.717) is 11.9 Å². The maximum atomic E-state index is 9.79. The van der Waals surface area contributed by atoms with Gasteiger partial charge in [-0.15, -0.1) is 0 Å². The molecule has 78 valence electrons. The zero-order chi connectivity index (χ0) is 10.7. The lowest BCUT2D eigenvalue weighted by Gasteiger charge is -2.14. The zero-order valence-electron chi connectivity index (χ0n) is 8.54. The fourth-order valence-electron chi connectivity index (χ4n) is 2.44. The molecule has 3 nitrogen and oxygen atoms in total. The van der Waals surface area contributed by atoms with Crippen molar-refractivity contribution in [2.24, 2.45) is 0 Å². The number of anilines is 2. The average Bonchev–Trinajstić information content (AvgIpc) is 2.95. The Kier molecular flexibility index (Phi) is 1.26. The van der Waals surface area contributed by atoms with Gasteiger partial charge in [0.2, 0.25) is 0 Å². The van der Waals surface area contributed by atoms with Crippen molar-refractivity contribution in [1.82, 2.24) is 0 Å². The molecule has 2 aromatic carbocycles. The van der Waals surface area contributed by atoms with E-state index in [9.17, 15) is 5.11 Å². The van der Waals surface area contributed by atoms with Gasteiger partial charge in [-0.1, -0.05) is 30.3 Å². The standard InChI is InChI=1S/C13H10N2O/c16-12-8-4-3-7-11(12)15-13-9-5-1-2-6-10(9)14(13)15/h1-8,13,16H. The first-order chi connectivity index (χ1) is 7.88. The molecule has 2 aliphatic heterocycles. The molecule has 0 amide bonds. The summed E-state index contributed by atoms with van der Waals surface area (Å²) in [6.07, 6.45) is 0.337. The smallest absolute Gasteiger partial charge is 0.168 e. The molecule has 0 spiro atoms. The van der Waals surface area contributed by atoms with Crippen molar-refractivity contribution in [2.75, 3.05) is 10.0 Å². The van der Waals surface area contributed by atoms with Gasteiger partial charge in [-0.25, -0.2) is 0 Å². The molecule has 4 rings (SSSR count). The number of phenolic OH excluding ortho intramolecular Hbond substituents is 1. The Labute approximate surface area is 93.1 Å². The number of benzene rings is 2. The van der Waals surface area contributed by atoms with Gasteiger partial charge >= 0.3 is 0 Å². The minimum atomic E-state index is 0.336. The van der Waals surface area contributed by atoms with Crippen molar-refractivity contribution in [3.63, 3.8) is 0 Å². The summed E-state index contributed by atoms with van der Waals surface area (Å²) < 4.78 is 0. The fraction of sp³-hybridized carbons (Fsp3) is 0.0769. The van der Waals surface area contributed by atoms with Crippen LogP contribution in [0.3, 0.4) is 0 Å². The Morgan fingerprint density at radius 1 is 0.812 bits per heavy atom. The predicted octanol–water partition coefficient (Wildman–Crippen LogP) is 2.65. The van der Waals surface area contributed by atoms with Crippen LogP contribution in [0.2, 0.25) is 0 Å². The molecule has 2 aromatic rings. The summed E-state index contributed by atoms with van der Waals surface area (Å²) in [6, 6.07) is 15.8. The van der Waals surface area contributed by atoms with Crippen molar-refractivity contribution in [3.05, 3.63) is 54.1 Å². The van der Waals surface area contributed by atoms with Gasteiger partial charge in [0.1, 0.15) is 11.4 Å². The largest absolute Gasteiger partial charge is 0.506 e. The molecule has 1 atom stereocenters. The number of hydrazine groups is 1. The van der Waals surface area contributed by atoms with Crippen molar-refractivity contribution < 1.29 is 5.11 Å². The van der Waals surface area contributed by atoms with E-state index in [0.717, 1.165) is 5.69 Å². The van der Waals surface area contributed by atoms with Crippen molar-refractivity contribution in [1.29, 1.82) is 0 Å². The highest BCUT2D eigenvalue weighted by Crippen LogP contribution is 2.61. The Morgan fingerprint density at radius 3 is 2.19 bits per heavy atom. The number of hydrogen-bond donors (Lipinski definition) is 1. The first-order valence-corrected chi connectivity index (χ1v) is 5.33. The summed E-state index contributed by atoms with van der Waals surface area (Å²) in [5.74, 6) is 0.336. The molecule has 3 heteroatoms. The summed E-state index contributed by atoms with van der Waals surface area (Å²) in [6.45, 7) is 0. The minimum Gasteiger partial charge on any atom is -0.506 e. The highest BCUT2D eigenvalue weighted by molar-refractivity contribution is 5.85. The van der Waals surface area contributed by atoms with E-state index in [-0.39, 0.29) is 0 Å². The maximum absolute atomic E-state index is 9.79. The molecule has 1 saturated heterocycles. The Morgan fingerprint density at radius 2 is 1.44 bits per heavy atom. The van der Waals surface area contributed by atoms with Gasteiger partial charge in [-0.05, 0) is 18.2 Å². The molecule has 1 unspecified atom stereocenters. The highest BCUT2D eigenvalue weighted by atomic mass is 16.3. The number of aromatic hydroxyl groups is 1. The van der Waals surface area contributed by atoms with Crippen LogP contribution in [0.4, 0.5) is 11.4 Å². The third-order valence-electron chi connectivity index (χ3n) is 3.23. The molecular weight excluding hydrogens is 200 g/mol. The lowest BCUT2D eigenvalue weighted by atomic mass is 10.1. The summed E-state index contributed by atoms with van der Waals surface area (Å²) in [5, 5.41) is 14.1. The molecule has 16 heavy (non-hydrogen) atoms. The van der Waals surface area contributed by atoms with Gasteiger partial charge in [0.15, 0.2) is 6.17 Å². The highest BCUT2D eigenvalue weighted by Gasteiger charge is 2.57. The van der Waals surface area contributed by atoms with E-state index >= 15 is 0 Å². The van der Waals surface area contributed by atoms with Crippen LogP contribution in [0.25, 0.3) is 0 Å². The monoisotopic (exact) mass is 210 g/mol. The van der Waals surface area contributed by atoms with E-state index in [1.54, 1.807) is 6.07 Å². The maximum Gasteiger partial charge on any atom is 0.168 e. The SMILES string of the molecule is Oc1ccccc1N1C2c3ccccc3N21. The van der Waals surface area contributed by atoms with E-state index in [1.165, 1.54) is 11.3 Å². The molecule has 2 heterocycles. The van der Waals surface area contributed by atoms with Gasteiger partial charge in [0.05, 0.1) is 5.69 Å². The zero-order valence-corrected chi connectivity index (χ0v) is 8.54. The third-order valence-corrected chi connectivity index (χ3v) is 3.23. The molecule has 0 radical (unpaired) electrons. The molecular formula is C13H10N2O. The van der Waals surface area contributed by atoms with Crippen LogP contribution in [-0.2, 0) is 0 Å². The van der Waals surface area contributed by atoms with Crippen LogP contribution in [0.5, 0.6) is 5.75 Å². The minimum absolute atomic E-state index is 0.336. The molecule has 1 N–H and O–H groups in total. The van der Waals surface area contributed by atoms with E-state index in [4.69, 9.17) is 0 Å². The lowest BCUT2D eigenvalue weighted by Crippen LogP contribution is -2.08. The second-order valence-electron chi connectivity index (χ2n) is 4.11. The van der Waals surface area contributed by atoms with Crippen molar-refractivity contribution in [3.8, 4) is 5.75 Å². The molecule has 0 bridgehead atoms. The van der Waals surface area contributed by atoms with Gasteiger partial charge in [0, 0.05) is 5.56 Å². The summed E-state index contributed by atoms with van der Waals surface area (Å²) in [7, 11) is 0. The first-order valence-electron chi connectivity index (χ1n) is 5.33. The Balaban J connectivity index is 1.76. The molecule has 1 fully saturated rings. The number of para-hydroxylation sites is 3. The fourth-order valence-corrected chi connectivity index (χ4v) is 2.44. The average molecular weight is 210 g/mol. The topological polar surface area (TPSA) is 26.2 Å². The normalized spacial score (nSPS) is 19.9. The number of nitrogens with zero attached hydrogens (tertiary/aromatic N) is 2. The number of phenols is 1. The first kappa shape index (κ1) is 8.05. The quantitative estimate of drug-likeness (QED) is 0.733. The van der Waals surface area contributed by atoms with Crippen LogP contribution < -0.4 is 10.0 Å². The summed E-state index contributed by atoms with van der Waals surface area (Å²) >= 11 is 0. The second-order valence-corrected chi connectivity index (χ2v) is 4.11. The lowest BCUT2D eigenvalue weighted by molar-refractivity contribution is 0.476. The molecule has 0 aliphatic carbocycles. The molecule has 0 saturated carbocycles. The summed E-state index contributed by atoms with van der Waals surface area (Å²) in [5.41, 5.74) is 3.46. The predicted molar refractivity (Wildman–Crippen MR) is 62.2 cm³/mol. The van der Waals surface area contributed by atoms with E-state index in [2.05, 4.69) is 28.2 Å². The van der Waals surface area contributed by atoms with Crippen LogP contribution in [0.1, 0.15) is 11.7 Å². The second kappa shape index (κ2) is 2.50. The van der Waals surface area contributed by atoms with Crippen LogP contribution in [0, 0.1) is 0 Å². The molecule has 0 aromatic heterocycles. The van der Waals surface area contributed by atoms with E-state index < -0.39 is 0 Å². The van der Waals surface area contributed by atoms with Crippen LogP contribution >= 0.6 is 0 Å². The number of hydrogen-bond acceptors (Lipinski definition) is 3. The summed E-state index contributed by atoms with van der Waals surface area (Å²) in [4.78, 5) is 0. The van der Waals surface area contributed by atoms with Gasteiger partial charge in [-0.2, -0.15) is 0 Å². The number of rotatable bonds is 1. The number of fused-ring (bicyclic) bond motifs is 4. The Bertz CT molecular complexity index is 553. The van der Waals surface area contributed by atoms with Crippen molar-refractivity contribution >= 4 is 11.4 Å². The van der Waals surface area contributed by atoms with Crippen LogP contribution in [-0.4, -0.2) is 5.11 Å². The van der Waals surface area contributed by atoms with Gasteiger partial charge < -0.3 is 5.11 Å². The Hall–Kier alpha value is -2.16. The van der Waals surface area contributed by atoms with E-state index in [1.807, 2.05) is 24.3 Å². The van der Waals surface area contributed by atoms with Gasteiger partial charge in [-0.3, -0.25) is 10.0 Å². The van der Waals surface area contributed by atoms with Gasteiger partial charge in [0.25, 0.3) is 0 Å². The molecule has 2 aliphatic rings.